The molecule has 5 heteroatoms. The van der Waals surface area contributed by atoms with Crippen LogP contribution in [-0.2, 0) is 12.8 Å². The molecule has 1 aliphatic rings. The Morgan fingerprint density at radius 1 is 1.25 bits per heavy atom. The summed E-state index contributed by atoms with van der Waals surface area (Å²) in [6.07, 6.45) is 6.94. The van der Waals surface area contributed by atoms with Gasteiger partial charge in [0.05, 0.1) is 11.3 Å². The average molecular weight is 269 g/mol. The fraction of sp³-hybridized carbons (Fsp3) is 0.267. The Bertz CT molecular complexity index is 734. The number of carbonyl (C=O) groups is 1. The van der Waals surface area contributed by atoms with E-state index in [0.29, 0.717) is 11.3 Å². The highest BCUT2D eigenvalue weighted by atomic mass is 16.1. The Morgan fingerprint density at radius 3 is 2.75 bits per heavy atom. The molecule has 2 aromatic rings. The topological polar surface area (TPSA) is 88.8 Å². The highest BCUT2D eigenvalue weighted by Crippen LogP contribution is 2.29. The first-order valence-electron chi connectivity index (χ1n) is 6.67. The van der Waals surface area contributed by atoms with E-state index in [4.69, 9.17) is 5.73 Å². The number of H-pyrrole nitrogens is 1. The van der Waals surface area contributed by atoms with Gasteiger partial charge in [-0.05, 0) is 43.4 Å². The number of hydrogen-bond donors (Lipinski definition) is 2. The molecule has 0 spiro atoms. The number of aromatic nitrogens is 2. The Kier molecular flexibility index (Phi) is 3.10. The zero-order valence-corrected chi connectivity index (χ0v) is 11.0. The van der Waals surface area contributed by atoms with Crippen LogP contribution in [0.2, 0.25) is 0 Å². The van der Waals surface area contributed by atoms with Gasteiger partial charge in [-0.1, -0.05) is 0 Å². The van der Waals surface area contributed by atoms with E-state index in [-0.39, 0.29) is 5.56 Å². The highest BCUT2D eigenvalue weighted by Gasteiger charge is 2.20. The van der Waals surface area contributed by atoms with Crippen molar-refractivity contribution in [1.29, 1.82) is 0 Å². The number of fused-ring (bicyclic) bond motifs is 1. The van der Waals surface area contributed by atoms with Gasteiger partial charge in [-0.2, -0.15) is 0 Å². The molecule has 0 bridgehead atoms. The lowest BCUT2D eigenvalue weighted by atomic mass is 9.88. The van der Waals surface area contributed by atoms with Crippen molar-refractivity contribution in [3.05, 3.63) is 51.6 Å². The number of nitrogens with zero attached hydrogens (tertiary/aromatic N) is 1. The van der Waals surface area contributed by atoms with Gasteiger partial charge in [0.1, 0.15) is 0 Å². The molecule has 0 fully saturated rings. The quantitative estimate of drug-likeness (QED) is 0.864. The number of primary amides is 1. The molecule has 0 saturated carbocycles. The lowest BCUT2D eigenvalue weighted by Crippen LogP contribution is -2.20. The zero-order chi connectivity index (χ0) is 14.1. The van der Waals surface area contributed by atoms with Crippen LogP contribution in [0.5, 0.6) is 0 Å². The third kappa shape index (κ3) is 2.01. The van der Waals surface area contributed by atoms with Crippen molar-refractivity contribution in [3.8, 4) is 11.3 Å². The van der Waals surface area contributed by atoms with Crippen molar-refractivity contribution < 1.29 is 4.79 Å². The summed E-state index contributed by atoms with van der Waals surface area (Å²) >= 11 is 0. The molecule has 0 unspecified atom stereocenters. The first kappa shape index (κ1) is 12.6. The van der Waals surface area contributed by atoms with Crippen LogP contribution < -0.4 is 11.3 Å². The summed E-state index contributed by atoms with van der Waals surface area (Å²) in [7, 11) is 0. The molecule has 1 amide bonds. The van der Waals surface area contributed by atoms with Crippen LogP contribution in [-0.4, -0.2) is 15.9 Å². The summed E-state index contributed by atoms with van der Waals surface area (Å²) in [5, 5.41) is 0. The standard InChI is InChI=1S/C15H15N3O2/c16-14(19)11-6-3-7-17-13(11)12-8-18-15(20)10-5-2-1-4-9(10)12/h3,6-8H,1-2,4-5H2,(H2,16,19)(H,18,20). The zero-order valence-electron chi connectivity index (χ0n) is 11.0. The van der Waals surface area contributed by atoms with E-state index in [0.717, 1.165) is 42.4 Å². The molecule has 0 atom stereocenters. The van der Waals surface area contributed by atoms with Gasteiger partial charge in [0.15, 0.2) is 0 Å². The van der Waals surface area contributed by atoms with Gasteiger partial charge in [-0.15, -0.1) is 0 Å². The van der Waals surface area contributed by atoms with E-state index < -0.39 is 5.91 Å². The van der Waals surface area contributed by atoms with Crippen LogP contribution in [0.1, 0.15) is 34.3 Å². The second kappa shape index (κ2) is 4.92. The summed E-state index contributed by atoms with van der Waals surface area (Å²) in [6, 6.07) is 3.34. The normalized spacial score (nSPS) is 13.8. The second-order valence-corrected chi connectivity index (χ2v) is 4.96. The van der Waals surface area contributed by atoms with Crippen LogP contribution in [0.15, 0.2) is 29.3 Å². The van der Waals surface area contributed by atoms with Gasteiger partial charge in [-0.25, -0.2) is 0 Å². The van der Waals surface area contributed by atoms with Crippen LogP contribution in [0.25, 0.3) is 11.3 Å². The van der Waals surface area contributed by atoms with Crippen LogP contribution >= 0.6 is 0 Å². The predicted octanol–water partition coefficient (Wildman–Crippen LogP) is 1.41. The Morgan fingerprint density at radius 2 is 2.00 bits per heavy atom. The minimum Gasteiger partial charge on any atom is -0.366 e. The molecule has 2 heterocycles. The minimum absolute atomic E-state index is 0.0417. The molecule has 3 N–H and O–H groups in total. The van der Waals surface area contributed by atoms with E-state index in [1.807, 2.05) is 0 Å². The third-order valence-electron chi connectivity index (χ3n) is 3.74. The average Bonchev–Trinajstić information content (AvgIpc) is 2.48. The number of hydrogen-bond acceptors (Lipinski definition) is 3. The van der Waals surface area contributed by atoms with Crippen molar-refractivity contribution in [3.63, 3.8) is 0 Å². The third-order valence-corrected chi connectivity index (χ3v) is 3.74. The summed E-state index contributed by atoms with van der Waals surface area (Å²) < 4.78 is 0. The fourth-order valence-corrected chi connectivity index (χ4v) is 2.80. The van der Waals surface area contributed by atoms with E-state index >= 15 is 0 Å². The second-order valence-electron chi connectivity index (χ2n) is 4.96. The van der Waals surface area contributed by atoms with Gasteiger partial charge in [0, 0.05) is 23.5 Å². The molecule has 0 radical (unpaired) electrons. The number of pyridine rings is 2. The molecule has 3 rings (SSSR count). The van der Waals surface area contributed by atoms with Gasteiger partial charge in [0.25, 0.3) is 11.5 Å². The number of nitrogens with two attached hydrogens (primary N) is 1. The molecule has 2 aromatic heterocycles. The lowest BCUT2D eigenvalue weighted by Gasteiger charge is -2.18. The molecule has 0 aliphatic heterocycles. The molecule has 5 nitrogen and oxygen atoms in total. The number of rotatable bonds is 2. The lowest BCUT2D eigenvalue weighted by molar-refractivity contribution is 0.100. The maximum Gasteiger partial charge on any atom is 0.251 e. The largest absolute Gasteiger partial charge is 0.366 e. The highest BCUT2D eigenvalue weighted by molar-refractivity contribution is 5.99. The molecular weight excluding hydrogens is 254 g/mol. The van der Waals surface area contributed by atoms with Gasteiger partial charge >= 0.3 is 0 Å². The minimum atomic E-state index is -0.510. The van der Waals surface area contributed by atoms with Gasteiger partial charge < -0.3 is 10.7 Å². The van der Waals surface area contributed by atoms with Crippen LogP contribution in [0, 0.1) is 0 Å². The maximum absolute atomic E-state index is 11.9. The SMILES string of the molecule is NC(=O)c1cccnc1-c1c[nH]c(=O)c2c1CCCC2. The first-order valence-corrected chi connectivity index (χ1v) is 6.67. The molecule has 0 aromatic carbocycles. The summed E-state index contributed by atoms with van der Waals surface area (Å²) in [5.74, 6) is -0.510. The van der Waals surface area contributed by atoms with Crippen molar-refractivity contribution in [2.24, 2.45) is 5.73 Å². The number of carbonyl (C=O) groups excluding carboxylic acids is 1. The van der Waals surface area contributed by atoms with Crippen molar-refractivity contribution in [2.75, 3.05) is 0 Å². The fourth-order valence-electron chi connectivity index (χ4n) is 2.80. The monoisotopic (exact) mass is 269 g/mol. The smallest absolute Gasteiger partial charge is 0.251 e. The number of amides is 1. The summed E-state index contributed by atoms with van der Waals surface area (Å²) in [4.78, 5) is 30.5. The Labute approximate surface area is 115 Å². The van der Waals surface area contributed by atoms with Crippen molar-refractivity contribution in [2.45, 2.75) is 25.7 Å². The van der Waals surface area contributed by atoms with E-state index in [2.05, 4.69) is 9.97 Å². The molecule has 20 heavy (non-hydrogen) atoms. The van der Waals surface area contributed by atoms with Gasteiger partial charge in [0.2, 0.25) is 0 Å². The molecule has 1 aliphatic carbocycles. The maximum atomic E-state index is 11.9. The van der Waals surface area contributed by atoms with Gasteiger partial charge in [-0.3, -0.25) is 14.6 Å². The molecule has 102 valence electrons. The number of nitrogens with one attached hydrogen (secondary N) is 1. The molecule has 0 saturated heterocycles. The molecular formula is C15H15N3O2. The van der Waals surface area contributed by atoms with E-state index in [1.165, 1.54) is 0 Å². The van der Waals surface area contributed by atoms with Crippen molar-refractivity contribution in [1.82, 2.24) is 9.97 Å². The van der Waals surface area contributed by atoms with Crippen molar-refractivity contribution >= 4 is 5.91 Å². The predicted molar refractivity (Wildman–Crippen MR) is 75.5 cm³/mol. The van der Waals surface area contributed by atoms with Crippen LogP contribution in [0.3, 0.4) is 0 Å². The first-order chi connectivity index (χ1) is 9.68. The van der Waals surface area contributed by atoms with Crippen LogP contribution in [0.4, 0.5) is 0 Å². The van der Waals surface area contributed by atoms with E-state index in [1.54, 1.807) is 24.5 Å². The number of aromatic amines is 1. The Hall–Kier alpha value is -2.43. The Balaban J connectivity index is 2.26. The summed E-state index contributed by atoms with van der Waals surface area (Å²) in [6.45, 7) is 0. The van der Waals surface area contributed by atoms with E-state index in [9.17, 15) is 9.59 Å². The summed E-state index contributed by atoms with van der Waals surface area (Å²) in [5.41, 5.74) is 8.93.